The van der Waals surface area contributed by atoms with Gasteiger partial charge < -0.3 is 18.3 Å². The number of hydrogen-bond acceptors (Lipinski definition) is 0. The van der Waals surface area contributed by atoms with Gasteiger partial charge in [0.05, 0.1) is 5.52 Å². The molecule has 0 atom stereocenters. The maximum Gasteiger partial charge on any atom is 0.0518 e. The molecule has 296 valence electrons. The lowest BCUT2D eigenvalue weighted by atomic mass is 10.1. The molecule has 0 radical (unpaired) electrons. The van der Waals surface area contributed by atoms with Crippen LogP contribution < -0.4 is 0 Å². The standard InChI is InChI=1S/4C14H13N/c1-10-6-5-8-12-11-7-3-4-9-13(11)15(2)14(10)12;1-10-6-5-9-13-14(10)11-7-3-4-8-12(11)15(13)2;1-10-7-8-14-12(9-10)11-5-3-4-6-13(11)15(14)2;1-10-7-8-12-11-5-3-4-6-13(11)15(2)14(12)9-10/h4*3-9H,1-2H3. The van der Waals surface area contributed by atoms with E-state index in [1.165, 1.54) is 109 Å². The second-order valence-electron chi connectivity index (χ2n) is 16.3. The van der Waals surface area contributed by atoms with Crippen LogP contribution in [0.15, 0.2) is 170 Å². The highest BCUT2D eigenvalue weighted by Crippen LogP contribution is 2.32. The van der Waals surface area contributed by atoms with Gasteiger partial charge in [-0.15, -0.1) is 0 Å². The van der Waals surface area contributed by atoms with Crippen molar-refractivity contribution in [3.8, 4) is 0 Å². The molecule has 4 heteroatoms. The van der Waals surface area contributed by atoms with Gasteiger partial charge in [-0.25, -0.2) is 0 Å². The average Bonchev–Trinajstić information content (AvgIpc) is 3.94. The lowest BCUT2D eigenvalue weighted by Gasteiger charge is -2.00. The van der Waals surface area contributed by atoms with Crippen molar-refractivity contribution < 1.29 is 0 Å². The van der Waals surface area contributed by atoms with Crippen molar-refractivity contribution in [1.82, 2.24) is 18.3 Å². The van der Waals surface area contributed by atoms with E-state index in [0.717, 1.165) is 0 Å². The Kier molecular flexibility index (Phi) is 10.0. The molecule has 0 saturated heterocycles. The van der Waals surface area contributed by atoms with E-state index in [2.05, 4.69) is 244 Å². The van der Waals surface area contributed by atoms with Crippen LogP contribution in [0.5, 0.6) is 0 Å². The van der Waals surface area contributed by atoms with E-state index in [9.17, 15) is 0 Å². The number of para-hydroxylation sites is 5. The third-order valence-electron chi connectivity index (χ3n) is 12.4. The first kappa shape index (κ1) is 38.5. The first-order valence-corrected chi connectivity index (χ1v) is 20.9. The molecule has 12 aromatic rings. The smallest absolute Gasteiger partial charge is 0.0518 e. The molecule has 4 heterocycles. The minimum absolute atomic E-state index is 1.30. The van der Waals surface area contributed by atoms with Gasteiger partial charge in [0.1, 0.15) is 0 Å². The molecular formula is C56H52N4. The summed E-state index contributed by atoms with van der Waals surface area (Å²) in [6.45, 7) is 8.62. The summed E-state index contributed by atoms with van der Waals surface area (Å²) < 4.78 is 9.06. The Morgan fingerprint density at radius 1 is 0.267 bits per heavy atom. The lowest BCUT2D eigenvalue weighted by molar-refractivity contribution is 1.01. The number of nitrogens with zero attached hydrogens (tertiary/aromatic N) is 4. The molecule has 0 aliphatic carbocycles. The van der Waals surface area contributed by atoms with Crippen molar-refractivity contribution in [3.63, 3.8) is 0 Å². The largest absolute Gasteiger partial charge is 0.344 e. The third-order valence-corrected chi connectivity index (χ3v) is 12.4. The summed E-state index contributed by atoms with van der Waals surface area (Å²) in [5.74, 6) is 0. The van der Waals surface area contributed by atoms with Crippen molar-refractivity contribution >= 4 is 87.2 Å². The minimum Gasteiger partial charge on any atom is -0.344 e. The van der Waals surface area contributed by atoms with E-state index in [0.29, 0.717) is 0 Å². The topological polar surface area (TPSA) is 19.7 Å². The van der Waals surface area contributed by atoms with Crippen LogP contribution in [0, 0.1) is 27.7 Å². The monoisotopic (exact) mass is 780 g/mol. The number of rotatable bonds is 0. The molecule has 0 saturated carbocycles. The average molecular weight is 781 g/mol. The van der Waals surface area contributed by atoms with Gasteiger partial charge in [-0.2, -0.15) is 0 Å². The lowest BCUT2D eigenvalue weighted by Crippen LogP contribution is -1.88. The Labute approximate surface area is 352 Å². The SMILES string of the molecule is Cc1ccc2c(c1)c1ccccc1n2C.Cc1ccc2c3ccccc3n(C)c2c1.Cc1cccc2c1c1ccccc1n2C.Cc1cccc2c3ccccc3n(C)c12. The van der Waals surface area contributed by atoms with Crippen LogP contribution in [-0.2, 0) is 28.2 Å². The highest BCUT2D eigenvalue weighted by atomic mass is 15.0. The van der Waals surface area contributed by atoms with Crippen LogP contribution in [0.1, 0.15) is 22.3 Å². The molecule has 0 aliphatic heterocycles. The van der Waals surface area contributed by atoms with E-state index in [1.807, 2.05) is 0 Å². The molecule has 0 amide bonds. The zero-order valence-electron chi connectivity index (χ0n) is 36.0. The molecular weight excluding hydrogens is 729 g/mol. The Morgan fingerprint density at radius 3 is 1.33 bits per heavy atom. The van der Waals surface area contributed by atoms with Crippen molar-refractivity contribution in [1.29, 1.82) is 0 Å². The minimum atomic E-state index is 1.30. The van der Waals surface area contributed by atoms with Gasteiger partial charge in [-0.3, -0.25) is 0 Å². The van der Waals surface area contributed by atoms with Crippen LogP contribution in [0.2, 0.25) is 0 Å². The van der Waals surface area contributed by atoms with Crippen molar-refractivity contribution in [2.45, 2.75) is 27.7 Å². The van der Waals surface area contributed by atoms with Gasteiger partial charge >= 0.3 is 0 Å². The van der Waals surface area contributed by atoms with Crippen LogP contribution >= 0.6 is 0 Å². The molecule has 4 nitrogen and oxygen atoms in total. The maximum absolute atomic E-state index is 2.28. The summed E-state index contributed by atoms with van der Waals surface area (Å²) in [6.07, 6.45) is 0. The Morgan fingerprint density at radius 2 is 0.667 bits per heavy atom. The molecule has 0 aliphatic rings. The van der Waals surface area contributed by atoms with Crippen LogP contribution in [-0.4, -0.2) is 18.3 Å². The molecule has 8 aromatic carbocycles. The highest BCUT2D eigenvalue weighted by molar-refractivity contribution is 6.11. The van der Waals surface area contributed by atoms with Crippen molar-refractivity contribution in [2.24, 2.45) is 28.2 Å². The van der Waals surface area contributed by atoms with Crippen LogP contribution in [0.25, 0.3) is 87.2 Å². The molecule has 0 N–H and O–H groups in total. The molecule has 0 unspecified atom stereocenters. The first-order valence-electron chi connectivity index (χ1n) is 20.9. The fourth-order valence-corrected chi connectivity index (χ4v) is 9.38. The zero-order chi connectivity index (χ0) is 41.7. The normalized spacial score (nSPS) is 11.3. The third kappa shape index (κ3) is 6.59. The molecule has 4 aromatic heterocycles. The van der Waals surface area contributed by atoms with Gasteiger partial charge in [0.15, 0.2) is 0 Å². The van der Waals surface area contributed by atoms with E-state index in [1.54, 1.807) is 0 Å². The van der Waals surface area contributed by atoms with E-state index in [-0.39, 0.29) is 0 Å². The first-order chi connectivity index (χ1) is 29.1. The van der Waals surface area contributed by atoms with E-state index < -0.39 is 0 Å². The summed E-state index contributed by atoms with van der Waals surface area (Å²) >= 11 is 0. The Balaban J connectivity index is 0.000000103. The highest BCUT2D eigenvalue weighted by Gasteiger charge is 2.11. The number of fused-ring (bicyclic) bond motifs is 12. The zero-order valence-corrected chi connectivity index (χ0v) is 36.0. The molecule has 0 bridgehead atoms. The number of benzene rings is 8. The summed E-state index contributed by atoms with van der Waals surface area (Å²) in [6, 6.07) is 60.5. The summed E-state index contributed by atoms with van der Waals surface area (Å²) in [4.78, 5) is 0. The predicted octanol–water partition coefficient (Wildman–Crippen LogP) is 14.6. The van der Waals surface area contributed by atoms with Crippen molar-refractivity contribution in [2.75, 3.05) is 0 Å². The number of aryl methyl sites for hydroxylation is 8. The van der Waals surface area contributed by atoms with Gasteiger partial charge in [-0.05, 0) is 92.9 Å². The molecule has 0 spiro atoms. The molecule has 0 fully saturated rings. The van der Waals surface area contributed by atoms with Crippen LogP contribution in [0.4, 0.5) is 0 Å². The number of hydrogen-bond donors (Lipinski definition) is 0. The van der Waals surface area contributed by atoms with Gasteiger partial charge in [0.2, 0.25) is 0 Å². The summed E-state index contributed by atoms with van der Waals surface area (Å²) in [7, 11) is 8.52. The molecule has 12 rings (SSSR count). The fourth-order valence-electron chi connectivity index (χ4n) is 9.38. The Hall–Kier alpha value is -7.04. The van der Waals surface area contributed by atoms with Gasteiger partial charge in [0.25, 0.3) is 0 Å². The Bertz CT molecular complexity index is 3500. The van der Waals surface area contributed by atoms with Gasteiger partial charge in [-0.1, -0.05) is 127 Å². The summed E-state index contributed by atoms with van der Waals surface area (Å²) in [5.41, 5.74) is 15.8. The second-order valence-corrected chi connectivity index (χ2v) is 16.3. The fraction of sp³-hybridized carbons (Fsp3) is 0.143. The van der Waals surface area contributed by atoms with Crippen LogP contribution in [0.3, 0.4) is 0 Å². The van der Waals surface area contributed by atoms with E-state index in [4.69, 9.17) is 0 Å². The van der Waals surface area contributed by atoms with Crippen molar-refractivity contribution in [3.05, 3.63) is 192 Å². The second kappa shape index (κ2) is 15.6. The summed E-state index contributed by atoms with van der Waals surface area (Å²) in [5, 5.41) is 10.8. The quantitative estimate of drug-likeness (QED) is 0.146. The maximum atomic E-state index is 2.28. The van der Waals surface area contributed by atoms with E-state index >= 15 is 0 Å². The predicted molar refractivity (Wildman–Crippen MR) is 261 cm³/mol. The molecule has 60 heavy (non-hydrogen) atoms. The number of aromatic nitrogens is 4. The van der Waals surface area contributed by atoms with Gasteiger partial charge in [0, 0.05) is 110 Å².